The Morgan fingerprint density at radius 3 is 2.00 bits per heavy atom. The number of carbonyl (C=O) groups excluding carboxylic acids is 1. The van der Waals surface area contributed by atoms with Gasteiger partial charge < -0.3 is 10.2 Å². The smallest absolute Gasteiger partial charge is 0.365 e. The molecule has 0 unspecified atom stereocenters. The molecule has 0 aliphatic rings. The van der Waals surface area contributed by atoms with Crippen molar-refractivity contribution >= 4 is 17.3 Å². The average Bonchev–Trinajstić information content (AvgIpc) is 2.55. The van der Waals surface area contributed by atoms with E-state index in [9.17, 15) is 18.0 Å². The molecule has 0 bridgehead atoms. The molecule has 0 saturated carbocycles. The summed E-state index contributed by atoms with van der Waals surface area (Å²) in [6, 6.07) is 10.5. The zero-order valence-corrected chi connectivity index (χ0v) is 16.2. The van der Waals surface area contributed by atoms with Crippen molar-refractivity contribution in [3.05, 3.63) is 59.2 Å². The van der Waals surface area contributed by atoms with Gasteiger partial charge in [0, 0.05) is 17.6 Å². The number of hydrogen-bond donors (Lipinski definition) is 1. The number of hydrogen-bond acceptors (Lipinski definition) is 2. The molecule has 0 heterocycles. The Morgan fingerprint density at radius 1 is 0.963 bits per heavy atom. The van der Waals surface area contributed by atoms with Crippen LogP contribution >= 0.6 is 0 Å². The summed E-state index contributed by atoms with van der Waals surface area (Å²) >= 11 is 0. The van der Waals surface area contributed by atoms with E-state index in [0.717, 1.165) is 17.7 Å². The van der Waals surface area contributed by atoms with Crippen molar-refractivity contribution in [3.63, 3.8) is 0 Å². The highest BCUT2D eigenvalue weighted by atomic mass is 19.4. The number of carbonyl (C=O) groups is 1. The molecule has 2 rings (SSSR count). The number of halogens is 3. The van der Waals surface area contributed by atoms with Crippen LogP contribution in [0.15, 0.2) is 42.5 Å². The lowest BCUT2D eigenvalue weighted by molar-refractivity contribution is -0.137. The molecule has 146 valence electrons. The van der Waals surface area contributed by atoms with Crippen LogP contribution in [0.1, 0.15) is 49.2 Å². The molecule has 2 aromatic rings. The summed E-state index contributed by atoms with van der Waals surface area (Å²) in [5.74, 6) is -0.442. The second-order valence-electron chi connectivity index (χ2n) is 7.14. The van der Waals surface area contributed by atoms with Crippen LogP contribution in [0.25, 0.3) is 0 Å². The van der Waals surface area contributed by atoms with Crippen LogP contribution < -0.4 is 10.2 Å². The van der Waals surface area contributed by atoms with Crippen LogP contribution in [0.5, 0.6) is 0 Å². The van der Waals surface area contributed by atoms with E-state index >= 15 is 0 Å². The number of benzene rings is 2. The maximum atomic E-state index is 13.2. The van der Waals surface area contributed by atoms with E-state index in [1.165, 1.54) is 6.07 Å². The molecule has 3 nitrogen and oxygen atoms in total. The van der Waals surface area contributed by atoms with Crippen LogP contribution in [-0.4, -0.2) is 18.0 Å². The van der Waals surface area contributed by atoms with Gasteiger partial charge in [-0.25, -0.2) is 0 Å². The van der Waals surface area contributed by atoms with Crippen molar-refractivity contribution in [2.45, 2.75) is 52.9 Å². The van der Waals surface area contributed by atoms with Gasteiger partial charge in [-0.3, -0.25) is 4.79 Å². The molecule has 0 radical (unpaired) electrons. The van der Waals surface area contributed by atoms with Crippen LogP contribution in [0, 0.1) is 6.92 Å². The molecule has 0 atom stereocenters. The van der Waals surface area contributed by atoms with Crippen LogP contribution in [0.2, 0.25) is 0 Å². The van der Waals surface area contributed by atoms with Crippen LogP contribution in [-0.2, 0) is 6.18 Å². The molecule has 0 saturated heterocycles. The van der Waals surface area contributed by atoms with Crippen molar-refractivity contribution in [3.8, 4) is 0 Å². The Kier molecular flexibility index (Phi) is 6.19. The summed E-state index contributed by atoms with van der Waals surface area (Å²) in [5, 5.41) is 2.67. The third kappa shape index (κ3) is 5.02. The minimum atomic E-state index is -4.48. The average molecular weight is 378 g/mol. The first kappa shape index (κ1) is 20.8. The SMILES string of the molecule is Cc1ccc(C(=O)Nc2cc(C(F)(F)F)ccc2N(C(C)C)C(C)C)cc1. The summed E-state index contributed by atoms with van der Waals surface area (Å²) in [6.07, 6.45) is -4.48. The van der Waals surface area contributed by atoms with Crippen molar-refractivity contribution in [1.29, 1.82) is 0 Å². The molecule has 0 fully saturated rings. The Hall–Kier alpha value is -2.50. The fraction of sp³-hybridized carbons (Fsp3) is 0.381. The summed E-state index contributed by atoms with van der Waals surface area (Å²) in [4.78, 5) is 14.6. The first-order valence-corrected chi connectivity index (χ1v) is 8.88. The van der Waals surface area contributed by atoms with E-state index in [4.69, 9.17) is 0 Å². The standard InChI is InChI=1S/C21H25F3N2O/c1-13(2)26(14(3)4)19-11-10-17(21(22,23)24)12-18(19)25-20(27)16-8-6-15(5)7-9-16/h6-14H,1-5H3,(H,25,27). The van der Waals surface area contributed by atoms with E-state index in [2.05, 4.69) is 5.32 Å². The maximum absolute atomic E-state index is 13.2. The van der Waals surface area contributed by atoms with Crippen molar-refractivity contribution in [1.82, 2.24) is 0 Å². The normalized spacial score (nSPS) is 11.8. The van der Waals surface area contributed by atoms with Crippen molar-refractivity contribution in [2.24, 2.45) is 0 Å². The minimum Gasteiger partial charge on any atom is -0.365 e. The third-order valence-electron chi connectivity index (χ3n) is 4.28. The number of nitrogens with one attached hydrogen (secondary N) is 1. The molecule has 1 N–H and O–H groups in total. The van der Waals surface area contributed by atoms with Gasteiger partial charge in [0.05, 0.1) is 16.9 Å². The molecule has 27 heavy (non-hydrogen) atoms. The molecular formula is C21H25F3N2O. The number of nitrogens with zero attached hydrogens (tertiary/aromatic N) is 1. The first-order chi connectivity index (χ1) is 12.5. The minimum absolute atomic E-state index is 0.0526. The van der Waals surface area contributed by atoms with E-state index in [0.29, 0.717) is 11.3 Å². The summed E-state index contributed by atoms with van der Waals surface area (Å²) in [6.45, 7) is 9.74. The quantitative estimate of drug-likeness (QED) is 0.704. The fourth-order valence-electron chi connectivity index (χ4n) is 3.09. The molecule has 0 spiro atoms. The van der Waals surface area contributed by atoms with Gasteiger partial charge in [0.2, 0.25) is 0 Å². The zero-order chi connectivity index (χ0) is 20.4. The molecule has 1 amide bonds. The lowest BCUT2D eigenvalue weighted by Gasteiger charge is -2.35. The van der Waals surface area contributed by atoms with E-state index in [1.807, 2.05) is 39.5 Å². The van der Waals surface area contributed by atoms with Crippen molar-refractivity contribution < 1.29 is 18.0 Å². The number of alkyl halides is 3. The lowest BCUT2D eigenvalue weighted by atomic mass is 10.1. The summed E-state index contributed by atoms with van der Waals surface area (Å²) < 4.78 is 39.6. The highest BCUT2D eigenvalue weighted by Crippen LogP contribution is 2.37. The number of amides is 1. The third-order valence-corrected chi connectivity index (χ3v) is 4.28. The van der Waals surface area contributed by atoms with E-state index < -0.39 is 17.6 Å². The maximum Gasteiger partial charge on any atom is 0.416 e. The molecule has 0 aliphatic carbocycles. The van der Waals surface area contributed by atoms with Gasteiger partial charge >= 0.3 is 6.18 Å². The van der Waals surface area contributed by atoms with Gasteiger partial charge in [0.25, 0.3) is 5.91 Å². The van der Waals surface area contributed by atoms with Crippen molar-refractivity contribution in [2.75, 3.05) is 10.2 Å². The molecular weight excluding hydrogens is 353 g/mol. The Balaban J connectivity index is 2.49. The van der Waals surface area contributed by atoms with E-state index in [1.54, 1.807) is 24.3 Å². The predicted octanol–water partition coefficient (Wildman–Crippen LogP) is 5.89. The highest BCUT2D eigenvalue weighted by molar-refractivity contribution is 6.06. The van der Waals surface area contributed by atoms with Gasteiger partial charge in [-0.2, -0.15) is 13.2 Å². The zero-order valence-electron chi connectivity index (χ0n) is 16.2. The topological polar surface area (TPSA) is 32.3 Å². The summed E-state index contributed by atoms with van der Waals surface area (Å²) in [7, 11) is 0. The largest absolute Gasteiger partial charge is 0.416 e. The van der Waals surface area contributed by atoms with Crippen LogP contribution in [0.3, 0.4) is 0 Å². The number of anilines is 2. The molecule has 0 aliphatic heterocycles. The van der Waals surface area contributed by atoms with E-state index in [-0.39, 0.29) is 17.8 Å². The first-order valence-electron chi connectivity index (χ1n) is 8.88. The van der Waals surface area contributed by atoms with Crippen LogP contribution in [0.4, 0.5) is 24.5 Å². The lowest BCUT2D eigenvalue weighted by Crippen LogP contribution is -2.37. The van der Waals surface area contributed by atoms with Gasteiger partial charge in [-0.05, 0) is 65.0 Å². The fourth-order valence-corrected chi connectivity index (χ4v) is 3.09. The summed E-state index contributed by atoms with van der Waals surface area (Å²) in [5.41, 5.74) is 1.31. The van der Waals surface area contributed by atoms with Gasteiger partial charge in [0.15, 0.2) is 0 Å². The highest BCUT2D eigenvalue weighted by Gasteiger charge is 2.32. The Labute approximate surface area is 158 Å². The molecule has 0 aromatic heterocycles. The second kappa shape index (κ2) is 8.03. The second-order valence-corrected chi connectivity index (χ2v) is 7.14. The molecule has 2 aromatic carbocycles. The van der Waals surface area contributed by atoms with Gasteiger partial charge in [0.1, 0.15) is 0 Å². The number of aryl methyl sites for hydroxylation is 1. The monoisotopic (exact) mass is 378 g/mol. The molecule has 6 heteroatoms. The predicted molar refractivity (Wildman–Crippen MR) is 103 cm³/mol. The Morgan fingerprint density at radius 2 is 1.52 bits per heavy atom. The Bertz CT molecular complexity index is 788. The van der Waals surface area contributed by atoms with Gasteiger partial charge in [-0.15, -0.1) is 0 Å². The number of rotatable bonds is 5. The van der Waals surface area contributed by atoms with Gasteiger partial charge in [-0.1, -0.05) is 17.7 Å².